The summed E-state index contributed by atoms with van der Waals surface area (Å²) < 4.78 is 4.91. The number of carbonyl (C=O) groups excluding carboxylic acids is 5. The van der Waals surface area contributed by atoms with E-state index in [9.17, 15) is 24.0 Å². The van der Waals surface area contributed by atoms with Crippen molar-refractivity contribution in [2.24, 2.45) is 5.41 Å². The van der Waals surface area contributed by atoms with Gasteiger partial charge in [0.2, 0.25) is 11.8 Å². The van der Waals surface area contributed by atoms with Crippen molar-refractivity contribution in [3.63, 3.8) is 0 Å². The summed E-state index contributed by atoms with van der Waals surface area (Å²) in [5.74, 6) is -3.34. The minimum absolute atomic E-state index is 0.0619. The second-order valence-corrected chi connectivity index (χ2v) is 9.59. The van der Waals surface area contributed by atoms with Gasteiger partial charge in [-0.1, -0.05) is 82.5 Å². The smallest absolute Gasteiger partial charge is 0.327 e. The predicted molar refractivity (Wildman–Crippen MR) is 149 cm³/mol. The topological polar surface area (TPSA) is 134 Å². The number of esters is 1. The highest BCUT2D eigenvalue weighted by Crippen LogP contribution is 2.20. The summed E-state index contributed by atoms with van der Waals surface area (Å²) >= 11 is 0. The minimum Gasteiger partial charge on any atom is -0.465 e. The number of ether oxygens (including phenoxy) is 1. The van der Waals surface area contributed by atoms with Crippen LogP contribution in [0.4, 0.5) is 0 Å². The molecular formula is C29H38N4O6. The van der Waals surface area contributed by atoms with Crippen molar-refractivity contribution in [1.82, 2.24) is 21.1 Å². The highest BCUT2D eigenvalue weighted by molar-refractivity contribution is 5.99. The Morgan fingerprint density at radius 1 is 1.05 bits per heavy atom. The molecule has 0 saturated carbocycles. The summed E-state index contributed by atoms with van der Waals surface area (Å²) in [4.78, 5) is 63.2. The van der Waals surface area contributed by atoms with E-state index in [2.05, 4.69) is 29.2 Å². The van der Waals surface area contributed by atoms with Crippen molar-refractivity contribution in [2.75, 3.05) is 19.7 Å². The maximum atomic E-state index is 13.3. The Bertz CT molecular complexity index is 1100. The van der Waals surface area contributed by atoms with Gasteiger partial charge in [0.05, 0.1) is 6.61 Å². The third-order valence-corrected chi connectivity index (χ3v) is 4.93. The van der Waals surface area contributed by atoms with Gasteiger partial charge >= 0.3 is 5.97 Å². The van der Waals surface area contributed by atoms with Crippen LogP contribution in [0.1, 0.15) is 45.7 Å². The molecule has 0 aliphatic heterocycles. The Labute approximate surface area is 229 Å². The zero-order chi connectivity index (χ0) is 29.4. The van der Waals surface area contributed by atoms with E-state index in [0.29, 0.717) is 11.1 Å². The third-order valence-electron chi connectivity index (χ3n) is 4.93. The van der Waals surface area contributed by atoms with E-state index in [1.807, 2.05) is 20.8 Å². The summed E-state index contributed by atoms with van der Waals surface area (Å²) in [6.45, 7) is 14.1. The van der Waals surface area contributed by atoms with Gasteiger partial charge in [0.15, 0.2) is 0 Å². The van der Waals surface area contributed by atoms with E-state index < -0.39 is 36.3 Å². The van der Waals surface area contributed by atoms with E-state index in [1.54, 1.807) is 55.5 Å². The highest BCUT2D eigenvalue weighted by Gasteiger charge is 2.28. The maximum absolute atomic E-state index is 13.3. The monoisotopic (exact) mass is 538 g/mol. The Morgan fingerprint density at radius 3 is 2.28 bits per heavy atom. The summed E-state index contributed by atoms with van der Waals surface area (Å²) in [7, 11) is 0. The van der Waals surface area contributed by atoms with Crippen LogP contribution in [-0.4, -0.2) is 54.3 Å². The van der Waals surface area contributed by atoms with Gasteiger partial charge in [0.25, 0.3) is 11.8 Å². The number of nitrogens with one attached hydrogen (secondary N) is 3. The first-order valence-corrected chi connectivity index (χ1v) is 12.4. The first-order chi connectivity index (χ1) is 18.4. The van der Waals surface area contributed by atoms with E-state index in [1.165, 1.54) is 0 Å². The Balaban J connectivity index is 3.12. The summed E-state index contributed by atoms with van der Waals surface area (Å²) in [6.07, 6.45) is 6.81. The molecule has 10 nitrogen and oxygen atoms in total. The van der Waals surface area contributed by atoms with Crippen LogP contribution in [-0.2, 0) is 28.7 Å². The lowest BCUT2D eigenvalue weighted by molar-refractivity contribution is -0.151. The first kappa shape index (κ1) is 32.6. The second kappa shape index (κ2) is 16.4. The molecule has 1 aromatic carbocycles. The van der Waals surface area contributed by atoms with Gasteiger partial charge in [-0.15, -0.1) is 0 Å². The van der Waals surface area contributed by atoms with Crippen molar-refractivity contribution in [2.45, 2.75) is 40.2 Å². The van der Waals surface area contributed by atoms with Crippen molar-refractivity contribution in [3.05, 3.63) is 85.0 Å². The zero-order valence-corrected chi connectivity index (χ0v) is 23.0. The van der Waals surface area contributed by atoms with Crippen molar-refractivity contribution >= 4 is 29.6 Å². The molecule has 0 radical (unpaired) electrons. The molecule has 1 aromatic rings. The van der Waals surface area contributed by atoms with Crippen LogP contribution in [0, 0.1) is 5.41 Å². The van der Waals surface area contributed by atoms with Crippen molar-refractivity contribution in [1.29, 1.82) is 0 Å². The number of rotatable bonds is 13. The minimum atomic E-state index is -1.15. The molecule has 0 fully saturated rings. The summed E-state index contributed by atoms with van der Waals surface area (Å²) in [5, 5.41) is 6.01. The van der Waals surface area contributed by atoms with Gasteiger partial charge in [-0.05, 0) is 23.5 Å². The van der Waals surface area contributed by atoms with Gasteiger partial charge in [-0.25, -0.2) is 5.01 Å². The van der Waals surface area contributed by atoms with Gasteiger partial charge in [0, 0.05) is 25.1 Å². The van der Waals surface area contributed by atoms with E-state index in [4.69, 9.17) is 4.74 Å². The summed E-state index contributed by atoms with van der Waals surface area (Å²) in [5.41, 5.74) is 3.24. The maximum Gasteiger partial charge on any atom is 0.327 e. The number of hydrogen-bond acceptors (Lipinski definition) is 6. The molecule has 0 aromatic heterocycles. The third kappa shape index (κ3) is 13.1. The van der Waals surface area contributed by atoms with Gasteiger partial charge in [0.1, 0.15) is 12.6 Å². The van der Waals surface area contributed by atoms with Gasteiger partial charge in [-0.3, -0.25) is 29.4 Å². The molecule has 0 aliphatic rings. The average Bonchev–Trinajstić information content (AvgIpc) is 2.87. The molecule has 0 heterocycles. The molecule has 0 aliphatic carbocycles. The number of allylic oxidation sites excluding steroid dienone is 2. The standard InChI is InChI=1S/C29H38N4O6/c1-7-13-21(8-2)19-30-23(34)16-17-25(36)33(20-26(37)39-9-3)32-28(38)27(22-14-11-10-12-15-22)31-24(35)18-29(4,5)6/h7-8,10-17,27H,1-2,9,18-20H2,3-6H3,(H,30,34)(H,31,35)(H,32,38)/b17-16+,21-13+. The molecule has 0 spiro atoms. The molecule has 1 unspecified atom stereocenters. The Morgan fingerprint density at radius 2 is 1.72 bits per heavy atom. The molecule has 210 valence electrons. The van der Waals surface area contributed by atoms with E-state index in [0.717, 1.165) is 17.2 Å². The molecule has 0 bridgehead atoms. The Kier molecular flexibility index (Phi) is 13.7. The van der Waals surface area contributed by atoms with Crippen LogP contribution in [0.25, 0.3) is 0 Å². The van der Waals surface area contributed by atoms with Crippen LogP contribution in [0.5, 0.6) is 0 Å². The van der Waals surface area contributed by atoms with Gasteiger partial charge < -0.3 is 15.4 Å². The molecule has 1 rings (SSSR count). The quantitative estimate of drug-likeness (QED) is 0.153. The highest BCUT2D eigenvalue weighted by atomic mass is 16.5. The summed E-state index contributed by atoms with van der Waals surface area (Å²) in [6, 6.07) is 7.32. The van der Waals surface area contributed by atoms with Crippen LogP contribution < -0.4 is 16.1 Å². The Hall–Kier alpha value is -4.47. The fraction of sp³-hybridized carbons (Fsp3) is 0.345. The average molecular weight is 539 g/mol. The second-order valence-electron chi connectivity index (χ2n) is 9.59. The van der Waals surface area contributed by atoms with E-state index >= 15 is 0 Å². The lowest BCUT2D eigenvalue weighted by Crippen LogP contribution is -2.52. The number of benzene rings is 1. The van der Waals surface area contributed by atoms with Crippen molar-refractivity contribution < 1.29 is 28.7 Å². The molecule has 0 saturated heterocycles. The normalized spacial score (nSPS) is 12.2. The molecular weight excluding hydrogens is 500 g/mol. The fourth-order valence-corrected chi connectivity index (χ4v) is 3.18. The van der Waals surface area contributed by atoms with Crippen LogP contribution in [0.3, 0.4) is 0 Å². The molecule has 10 heteroatoms. The van der Waals surface area contributed by atoms with Crippen LogP contribution in [0.15, 0.2) is 79.4 Å². The largest absolute Gasteiger partial charge is 0.465 e. The number of hydrazine groups is 1. The fourth-order valence-electron chi connectivity index (χ4n) is 3.18. The number of carbonyl (C=O) groups is 5. The predicted octanol–water partition coefficient (Wildman–Crippen LogP) is 2.67. The first-order valence-electron chi connectivity index (χ1n) is 12.4. The van der Waals surface area contributed by atoms with Crippen LogP contribution in [0.2, 0.25) is 0 Å². The lowest BCUT2D eigenvalue weighted by Gasteiger charge is -2.26. The SMILES string of the molecule is C=C/C=C(\C=C)CNC(=O)/C=C/C(=O)N(CC(=O)OCC)NC(=O)C(NC(=O)CC(C)(C)C)c1ccccc1. The molecule has 1 atom stereocenters. The number of amides is 4. The lowest BCUT2D eigenvalue weighted by atomic mass is 9.91. The van der Waals surface area contributed by atoms with Gasteiger partial charge in [-0.2, -0.15) is 0 Å². The van der Waals surface area contributed by atoms with E-state index in [-0.39, 0.29) is 30.9 Å². The number of hydrogen-bond donors (Lipinski definition) is 3. The number of nitrogens with zero attached hydrogens (tertiary/aromatic N) is 1. The van der Waals surface area contributed by atoms with Crippen molar-refractivity contribution in [3.8, 4) is 0 Å². The molecule has 3 N–H and O–H groups in total. The molecule has 4 amide bonds. The zero-order valence-electron chi connectivity index (χ0n) is 23.0. The van der Waals surface area contributed by atoms with Crippen LogP contribution >= 0.6 is 0 Å². The molecule has 39 heavy (non-hydrogen) atoms.